The van der Waals surface area contributed by atoms with E-state index >= 15 is 0 Å². The van der Waals surface area contributed by atoms with E-state index in [9.17, 15) is 0 Å². The molecular formula is C13H20N2O. The minimum absolute atomic E-state index is 0.336. The first-order chi connectivity index (χ1) is 7.84. The standard InChI is InChI=1S/C13H20N2O/c1-15-7-8-16-13(11-15)10-14-9-12-5-3-2-4-6-12/h2-6,13-14H,7-11H2,1H3/t13-/m1/s1. The van der Waals surface area contributed by atoms with Gasteiger partial charge in [0.1, 0.15) is 0 Å². The van der Waals surface area contributed by atoms with Crippen molar-refractivity contribution in [2.75, 3.05) is 33.3 Å². The summed E-state index contributed by atoms with van der Waals surface area (Å²) in [7, 11) is 2.15. The molecule has 1 heterocycles. The number of ether oxygens (including phenoxy) is 1. The molecule has 1 aromatic rings. The van der Waals surface area contributed by atoms with E-state index in [-0.39, 0.29) is 0 Å². The number of benzene rings is 1. The van der Waals surface area contributed by atoms with Crippen LogP contribution in [0.2, 0.25) is 0 Å². The van der Waals surface area contributed by atoms with Gasteiger partial charge in [0, 0.05) is 26.2 Å². The molecule has 3 nitrogen and oxygen atoms in total. The minimum Gasteiger partial charge on any atom is -0.374 e. The molecule has 1 aromatic carbocycles. The molecule has 1 saturated heterocycles. The molecule has 2 rings (SSSR count). The molecule has 0 aliphatic carbocycles. The molecule has 88 valence electrons. The van der Waals surface area contributed by atoms with Crippen molar-refractivity contribution in [3.8, 4) is 0 Å². The molecule has 1 atom stereocenters. The maximum atomic E-state index is 5.68. The highest BCUT2D eigenvalue weighted by atomic mass is 16.5. The van der Waals surface area contributed by atoms with Crippen molar-refractivity contribution < 1.29 is 4.74 Å². The van der Waals surface area contributed by atoms with Crippen molar-refractivity contribution in [2.45, 2.75) is 12.6 Å². The molecule has 0 saturated carbocycles. The van der Waals surface area contributed by atoms with E-state index in [4.69, 9.17) is 4.74 Å². The number of likely N-dealkylation sites (N-methyl/N-ethyl adjacent to an activating group) is 1. The average molecular weight is 220 g/mol. The average Bonchev–Trinajstić information content (AvgIpc) is 2.30. The van der Waals surface area contributed by atoms with Gasteiger partial charge in [-0.1, -0.05) is 30.3 Å². The Labute approximate surface area is 97.4 Å². The highest BCUT2D eigenvalue weighted by Crippen LogP contribution is 2.02. The Morgan fingerprint density at radius 3 is 2.94 bits per heavy atom. The van der Waals surface area contributed by atoms with Crippen LogP contribution >= 0.6 is 0 Å². The second-order valence-corrected chi connectivity index (χ2v) is 4.37. The zero-order valence-electron chi connectivity index (χ0n) is 9.86. The lowest BCUT2D eigenvalue weighted by Crippen LogP contribution is -2.44. The van der Waals surface area contributed by atoms with Gasteiger partial charge in [-0.05, 0) is 12.6 Å². The van der Waals surface area contributed by atoms with Crippen molar-refractivity contribution in [2.24, 2.45) is 0 Å². The van der Waals surface area contributed by atoms with Gasteiger partial charge in [-0.3, -0.25) is 0 Å². The van der Waals surface area contributed by atoms with Crippen LogP contribution in [0.15, 0.2) is 30.3 Å². The molecular weight excluding hydrogens is 200 g/mol. The van der Waals surface area contributed by atoms with Crippen LogP contribution in [0.3, 0.4) is 0 Å². The van der Waals surface area contributed by atoms with E-state index in [0.717, 1.165) is 32.8 Å². The van der Waals surface area contributed by atoms with Gasteiger partial charge in [0.25, 0.3) is 0 Å². The van der Waals surface area contributed by atoms with E-state index < -0.39 is 0 Å². The molecule has 0 radical (unpaired) electrons. The predicted octanol–water partition coefficient (Wildman–Crippen LogP) is 1.11. The summed E-state index contributed by atoms with van der Waals surface area (Å²) in [4.78, 5) is 2.32. The first-order valence-electron chi connectivity index (χ1n) is 5.89. The van der Waals surface area contributed by atoms with Crippen LogP contribution in [0.5, 0.6) is 0 Å². The quantitative estimate of drug-likeness (QED) is 0.822. The van der Waals surface area contributed by atoms with E-state index in [1.165, 1.54) is 5.56 Å². The highest BCUT2D eigenvalue weighted by molar-refractivity contribution is 5.14. The summed E-state index contributed by atoms with van der Waals surface area (Å²) < 4.78 is 5.68. The second-order valence-electron chi connectivity index (χ2n) is 4.37. The molecule has 0 unspecified atom stereocenters. The number of hydrogen-bond acceptors (Lipinski definition) is 3. The Bertz CT molecular complexity index is 302. The third-order valence-corrected chi connectivity index (χ3v) is 2.89. The van der Waals surface area contributed by atoms with Crippen LogP contribution in [-0.4, -0.2) is 44.3 Å². The highest BCUT2D eigenvalue weighted by Gasteiger charge is 2.16. The number of rotatable bonds is 4. The summed E-state index contributed by atoms with van der Waals surface area (Å²) in [6.07, 6.45) is 0.336. The minimum atomic E-state index is 0.336. The van der Waals surface area contributed by atoms with Crippen LogP contribution < -0.4 is 5.32 Å². The molecule has 1 aliphatic heterocycles. The zero-order chi connectivity index (χ0) is 11.2. The summed E-state index contributed by atoms with van der Waals surface area (Å²) in [5.41, 5.74) is 1.33. The van der Waals surface area contributed by atoms with Gasteiger partial charge in [-0.15, -0.1) is 0 Å². The molecule has 1 N–H and O–H groups in total. The molecule has 0 spiro atoms. The van der Waals surface area contributed by atoms with Crippen molar-refractivity contribution in [3.05, 3.63) is 35.9 Å². The maximum absolute atomic E-state index is 5.68. The Morgan fingerprint density at radius 2 is 2.19 bits per heavy atom. The van der Waals surface area contributed by atoms with E-state index in [2.05, 4.69) is 41.5 Å². The first-order valence-corrected chi connectivity index (χ1v) is 5.89. The van der Waals surface area contributed by atoms with Crippen molar-refractivity contribution in [1.82, 2.24) is 10.2 Å². The van der Waals surface area contributed by atoms with Crippen LogP contribution in [-0.2, 0) is 11.3 Å². The zero-order valence-corrected chi connectivity index (χ0v) is 9.86. The van der Waals surface area contributed by atoms with Gasteiger partial charge in [0.15, 0.2) is 0 Å². The number of morpholine rings is 1. The van der Waals surface area contributed by atoms with Crippen LogP contribution in [0.1, 0.15) is 5.56 Å². The van der Waals surface area contributed by atoms with E-state index in [1.807, 2.05) is 6.07 Å². The summed E-state index contributed by atoms with van der Waals surface area (Å²) in [6, 6.07) is 10.5. The predicted molar refractivity (Wildman–Crippen MR) is 65.4 cm³/mol. The fraction of sp³-hybridized carbons (Fsp3) is 0.538. The van der Waals surface area contributed by atoms with Crippen LogP contribution in [0.4, 0.5) is 0 Å². The fourth-order valence-corrected chi connectivity index (χ4v) is 1.96. The number of hydrogen-bond donors (Lipinski definition) is 1. The molecule has 1 fully saturated rings. The van der Waals surface area contributed by atoms with Crippen LogP contribution in [0, 0.1) is 0 Å². The maximum Gasteiger partial charge on any atom is 0.0826 e. The molecule has 16 heavy (non-hydrogen) atoms. The van der Waals surface area contributed by atoms with Gasteiger partial charge < -0.3 is 15.0 Å². The van der Waals surface area contributed by atoms with E-state index in [1.54, 1.807) is 0 Å². The Kier molecular flexibility index (Phi) is 4.34. The molecule has 1 aliphatic rings. The number of nitrogens with one attached hydrogen (secondary N) is 1. The monoisotopic (exact) mass is 220 g/mol. The molecule has 0 aromatic heterocycles. The van der Waals surface area contributed by atoms with Gasteiger partial charge in [0.2, 0.25) is 0 Å². The lowest BCUT2D eigenvalue weighted by Gasteiger charge is -2.30. The Balaban J connectivity index is 1.68. The van der Waals surface area contributed by atoms with Gasteiger partial charge in [0.05, 0.1) is 12.7 Å². The topological polar surface area (TPSA) is 24.5 Å². The molecule has 0 bridgehead atoms. The fourth-order valence-electron chi connectivity index (χ4n) is 1.96. The van der Waals surface area contributed by atoms with Gasteiger partial charge >= 0.3 is 0 Å². The smallest absolute Gasteiger partial charge is 0.0826 e. The third-order valence-electron chi connectivity index (χ3n) is 2.89. The lowest BCUT2D eigenvalue weighted by atomic mass is 10.2. The van der Waals surface area contributed by atoms with Crippen molar-refractivity contribution in [3.63, 3.8) is 0 Å². The third kappa shape index (κ3) is 3.59. The largest absolute Gasteiger partial charge is 0.374 e. The number of nitrogens with zero attached hydrogens (tertiary/aromatic N) is 1. The first kappa shape index (κ1) is 11.6. The summed E-state index contributed by atoms with van der Waals surface area (Å²) in [5.74, 6) is 0. The summed E-state index contributed by atoms with van der Waals surface area (Å²) in [5, 5.41) is 3.44. The summed E-state index contributed by atoms with van der Waals surface area (Å²) >= 11 is 0. The summed E-state index contributed by atoms with van der Waals surface area (Å²) in [6.45, 7) is 4.79. The Morgan fingerprint density at radius 1 is 1.38 bits per heavy atom. The molecule has 0 amide bonds. The van der Waals surface area contributed by atoms with Crippen molar-refractivity contribution in [1.29, 1.82) is 0 Å². The van der Waals surface area contributed by atoms with Gasteiger partial charge in [-0.25, -0.2) is 0 Å². The van der Waals surface area contributed by atoms with Crippen molar-refractivity contribution >= 4 is 0 Å². The molecule has 3 heteroatoms. The van der Waals surface area contributed by atoms with Gasteiger partial charge in [-0.2, -0.15) is 0 Å². The van der Waals surface area contributed by atoms with E-state index in [0.29, 0.717) is 6.10 Å². The van der Waals surface area contributed by atoms with Crippen LogP contribution in [0.25, 0.3) is 0 Å². The SMILES string of the molecule is CN1CCO[C@H](CNCc2ccccc2)C1. The Hall–Kier alpha value is -0.900. The lowest BCUT2D eigenvalue weighted by molar-refractivity contribution is -0.0182. The normalized spacial score (nSPS) is 22.2. The second kappa shape index (κ2) is 5.99.